The Hall–Kier alpha value is -2.03. The van der Waals surface area contributed by atoms with E-state index >= 15 is 0 Å². The average Bonchev–Trinajstić information content (AvgIpc) is 3.19. The minimum Gasteiger partial charge on any atom is -0.358 e. The molecule has 0 radical (unpaired) electrons. The number of aryl methyl sites for hydroxylation is 3. The molecular weight excluding hydrogens is 475 g/mol. The molecule has 0 aliphatic rings. The van der Waals surface area contributed by atoms with Crippen molar-refractivity contribution in [1.82, 2.24) is 25.4 Å². The second-order valence-corrected chi connectivity index (χ2v) is 7.08. The first-order valence-electron chi connectivity index (χ1n) is 10.1. The molecule has 3 N–H and O–H groups in total. The second-order valence-electron chi connectivity index (χ2n) is 7.08. The highest BCUT2D eigenvalue weighted by Gasteiger charge is 2.14. The van der Waals surface area contributed by atoms with E-state index in [1.165, 1.54) is 33.4 Å². The van der Waals surface area contributed by atoms with Gasteiger partial charge in [-0.15, -0.1) is 24.0 Å². The van der Waals surface area contributed by atoms with Crippen LogP contribution in [0.15, 0.2) is 29.3 Å². The van der Waals surface area contributed by atoms with E-state index in [-0.39, 0.29) is 24.0 Å². The molecule has 0 atom stereocenters. The molecule has 6 nitrogen and oxygen atoms in total. The van der Waals surface area contributed by atoms with Crippen molar-refractivity contribution in [2.45, 2.75) is 46.6 Å². The zero-order valence-corrected chi connectivity index (χ0v) is 20.4. The normalized spacial score (nSPS) is 11.6. The summed E-state index contributed by atoms with van der Waals surface area (Å²) in [4.78, 5) is 7.85. The maximum atomic E-state index is 4.65. The molecule has 0 bridgehead atoms. The number of hydrogen-bond donors (Lipinski definition) is 3. The average molecular weight is 508 g/mol. The van der Waals surface area contributed by atoms with Crippen molar-refractivity contribution >= 4 is 40.8 Å². The van der Waals surface area contributed by atoms with Crippen molar-refractivity contribution in [3.63, 3.8) is 0 Å². The molecule has 2 heterocycles. The van der Waals surface area contributed by atoms with Crippen molar-refractivity contribution in [2.24, 2.45) is 12.0 Å². The molecule has 3 rings (SSSR count). The van der Waals surface area contributed by atoms with E-state index in [4.69, 9.17) is 0 Å². The van der Waals surface area contributed by atoms with Crippen LogP contribution in [-0.2, 0) is 32.9 Å². The Kier molecular flexibility index (Phi) is 8.55. The molecule has 2 aromatic heterocycles. The van der Waals surface area contributed by atoms with Gasteiger partial charge in [0.25, 0.3) is 0 Å². The molecule has 0 amide bonds. The predicted molar refractivity (Wildman–Crippen MR) is 132 cm³/mol. The predicted octanol–water partition coefficient (Wildman–Crippen LogP) is 3.86. The lowest BCUT2D eigenvalue weighted by Gasteiger charge is -2.13. The summed E-state index contributed by atoms with van der Waals surface area (Å²) < 4.78 is 2.01. The molecule has 1 aromatic carbocycles. The monoisotopic (exact) mass is 508 g/mol. The highest BCUT2D eigenvalue weighted by molar-refractivity contribution is 14.0. The van der Waals surface area contributed by atoms with Gasteiger partial charge in [0.15, 0.2) is 5.96 Å². The van der Waals surface area contributed by atoms with E-state index in [9.17, 15) is 0 Å². The van der Waals surface area contributed by atoms with Gasteiger partial charge in [-0.1, -0.05) is 32.0 Å². The van der Waals surface area contributed by atoms with Crippen LogP contribution >= 0.6 is 24.0 Å². The van der Waals surface area contributed by atoms with Gasteiger partial charge in [-0.3, -0.25) is 9.67 Å². The van der Waals surface area contributed by atoms with Crippen molar-refractivity contribution in [3.05, 3.63) is 52.5 Å². The molecule has 0 saturated carbocycles. The number of para-hydroxylation sites is 1. The number of aromatic amines is 1. The summed E-state index contributed by atoms with van der Waals surface area (Å²) in [5.74, 6) is 0.824. The van der Waals surface area contributed by atoms with Crippen LogP contribution in [0.1, 0.15) is 42.1 Å². The molecule has 158 valence electrons. The molecule has 3 aromatic rings. The lowest BCUT2D eigenvalue weighted by molar-refractivity contribution is 0.702. The van der Waals surface area contributed by atoms with Crippen LogP contribution < -0.4 is 10.6 Å². The van der Waals surface area contributed by atoms with Crippen molar-refractivity contribution in [3.8, 4) is 0 Å². The molecule has 0 aliphatic carbocycles. The van der Waals surface area contributed by atoms with E-state index in [1.54, 1.807) is 0 Å². The van der Waals surface area contributed by atoms with E-state index in [0.717, 1.165) is 44.0 Å². The number of halogens is 1. The maximum Gasteiger partial charge on any atom is 0.191 e. The number of guanidine groups is 1. The number of rotatable bonds is 7. The number of aromatic nitrogens is 3. The van der Waals surface area contributed by atoms with E-state index in [2.05, 4.69) is 70.7 Å². The third-order valence-electron chi connectivity index (χ3n) is 5.38. The Bertz CT molecular complexity index is 969. The Morgan fingerprint density at radius 1 is 1.14 bits per heavy atom. The topological polar surface area (TPSA) is 70.0 Å². The maximum absolute atomic E-state index is 4.65. The van der Waals surface area contributed by atoms with Crippen LogP contribution in [0, 0.1) is 6.92 Å². The van der Waals surface area contributed by atoms with Crippen LogP contribution in [0.4, 0.5) is 0 Å². The Labute approximate surface area is 190 Å². The van der Waals surface area contributed by atoms with Gasteiger partial charge in [-0.25, -0.2) is 0 Å². The third kappa shape index (κ3) is 5.12. The minimum absolute atomic E-state index is 0. The molecule has 0 fully saturated rings. The van der Waals surface area contributed by atoms with Crippen LogP contribution in [0.2, 0.25) is 0 Å². The second kappa shape index (κ2) is 10.7. The molecule has 29 heavy (non-hydrogen) atoms. The number of H-pyrrole nitrogens is 1. The first kappa shape index (κ1) is 23.3. The fourth-order valence-corrected chi connectivity index (χ4v) is 3.95. The van der Waals surface area contributed by atoms with Crippen molar-refractivity contribution in [1.29, 1.82) is 0 Å². The van der Waals surface area contributed by atoms with Crippen LogP contribution in [0.25, 0.3) is 10.9 Å². The number of nitrogens with one attached hydrogen (secondary N) is 3. The molecular formula is C22H33IN6. The van der Waals surface area contributed by atoms with Gasteiger partial charge in [-0.2, -0.15) is 5.10 Å². The molecule has 0 saturated heterocycles. The van der Waals surface area contributed by atoms with Crippen LogP contribution in [-0.4, -0.2) is 34.3 Å². The Morgan fingerprint density at radius 3 is 2.59 bits per heavy atom. The molecule has 0 spiro atoms. The molecule has 0 aliphatic heterocycles. The molecule has 7 heteroatoms. The van der Waals surface area contributed by atoms with Gasteiger partial charge >= 0.3 is 0 Å². The summed E-state index contributed by atoms with van der Waals surface area (Å²) >= 11 is 0. The lowest BCUT2D eigenvalue weighted by atomic mass is 10.1. The zero-order chi connectivity index (χ0) is 20.1. The van der Waals surface area contributed by atoms with Crippen molar-refractivity contribution in [2.75, 3.05) is 13.6 Å². The number of hydrogen-bond acceptors (Lipinski definition) is 2. The van der Waals surface area contributed by atoms with Crippen molar-refractivity contribution < 1.29 is 0 Å². The summed E-state index contributed by atoms with van der Waals surface area (Å²) in [6, 6.07) is 8.48. The van der Waals surface area contributed by atoms with Gasteiger partial charge in [0.05, 0.1) is 5.69 Å². The number of aliphatic imine (C=N–C) groups is 1. The summed E-state index contributed by atoms with van der Waals surface area (Å²) in [6.07, 6.45) is 2.87. The summed E-state index contributed by atoms with van der Waals surface area (Å²) in [5, 5.41) is 12.9. The van der Waals surface area contributed by atoms with E-state index in [0.29, 0.717) is 0 Å². The van der Waals surface area contributed by atoms with Gasteiger partial charge < -0.3 is 15.6 Å². The Morgan fingerprint density at radius 2 is 1.90 bits per heavy atom. The number of fused-ring (bicyclic) bond motifs is 1. The van der Waals surface area contributed by atoms with Gasteiger partial charge in [0.2, 0.25) is 0 Å². The van der Waals surface area contributed by atoms with Gasteiger partial charge in [0.1, 0.15) is 0 Å². The van der Waals surface area contributed by atoms with E-state index in [1.807, 2.05) is 18.8 Å². The minimum atomic E-state index is 0. The first-order chi connectivity index (χ1) is 13.6. The Balaban J connectivity index is 0.00000300. The van der Waals surface area contributed by atoms with E-state index < -0.39 is 0 Å². The summed E-state index contributed by atoms with van der Waals surface area (Å²) in [7, 11) is 3.84. The number of nitrogens with zero attached hydrogens (tertiary/aromatic N) is 3. The quantitative estimate of drug-likeness (QED) is 0.258. The van der Waals surface area contributed by atoms with Gasteiger partial charge in [-0.05, 0) is 37.8 Å². The first-order valence-corrected chi connectivity index (χ1v) is 10.1. The zero-order valence-electron chi connectivity index (χ0n) is 18.1. The lowest BCUT2D eigenvalue weighted by Crippen LogP contribution is -2.38. The van der Waals surface area contributed by atoms with Crippen LogP contribution in [0.5, 0.6) is 0 Å². The fourth-order valence-electron chi connectivity index (χ4n) is 3.95. The largest absolute Gasteiger partial charge is 0.358 e. The summed E-state index contributed by atoms with van der Waals surface area (Å²) in [5.41, 5.74) is 7.55. The fraction of sp³-hybridized carbons (Fsp3) is 0.455. The SMILES string of the molecule is CCc1nn(C)c(CC)c1CNC(=NC)NCCc1c(C)[nH]c2ccccc12.I. The third-order valence-corrected chi connectivity index (χ3v) is 5.38. The number of benzene rings is 1. The highest BCUT2D eigenvalue weighted by Crippen LogP contribution is 2.22. The van der Waals surface area contributed by atoms with Crippen LogP contribution in [0.3, 0.4) is 0 Å². The highest BCUT2D eigenvalue weighted by atomic mass is 127. The molecule has 0 unspecified atom stereocenters. The standard InChI is InChI=1S/C22H32N6.HI/c1-6-19-18(21(7-2)28(5)27-19)14-25-22(23-4)24-13-12-16-15(3)26-20-11-9-8-10-17(16)20;/h8-11,26H,6-7,12-14H2,1-5H3,(H2,23,24,25);1H. The smallest absolute Gasteiger partial charge is 0.191 e. The van der Waals surface area contributed by atoms with Gasteiger partial charge in [0, 0.05) is 55.0 Å². The summed E-state index contributed by atoms with van der Waals surface area (Å²) in [6.45, 7) is 8.05.